The highest BCUT2D eigenvalue weighted by molar-refractivity contribution is 5.82. The molecule has 1 heterocycles. The van der Waals surface area contributed by atoms with Gasteiger partial charge in [-0.3, -0.25) is 4.79 Å². The Balaban J connectivity index is 3.05. The molecule has 0 unspecified atom stereocenters. The molecular weight excluding hydrogens is 152 g/mol. The minimum absolute atomic E-state index is 0.0157. The number of carbonyl (C=O) groups is 1. The first-order valence-corrected chi connectivity index (χ1v) is 3.69. The normalized spacial score (nSPS) is 17.4. The molecule has 0 bridgehead atoms. The van der Waals surface area contributed by atoms with Crippen molar-refractivity contribution in [2.24, 2.45) is 0 Å². The van der Waals surface area contributed by atoms with Crippen molar-refractivity contribution < 1.29 is 4.79 Å². The van der Waals surface area contributed by atoms with Crippen LogP contribution in [0, 0.1) is 0 Å². The maximum atomic E-state index is 11.0. The van der Waals surface area contributed by atoms with E-state index in [1.165, 1.54) is 0 Å². The van der Waals surface area contributed by atoms with Gasteiger partial charge in [0.25, 0.3) is 0 Å². The molecule has 0 aliphatic carbocycles. The van der Waals surface area contributed by atoms with E-state index in [4.69, 9.17) is 0 Å². The average Bonchev–Trinajstić information content (AvgIpc) is 2.03. The second kappa shape index (κ2) is 3.26. The van der Waals surface area contributed by atoms with Gasteiger partial charge in [0.1, 0.15) is 0 Å². The topological polar surface area (TPSA) is 32.3 Å². The summed E-state index contributed by atoms with van der Waals surface area (Å²) < 4.78 is 0. The van der Waals surface area contributed by atoms with E-state index in [0.717, 1.165) is 11.4 Å². The van der Waals surface area contributed by atoms with E-state index in [1.807, 2.05) is 11.9 Å². The van der Waals surface area contributed by atoms with Crippen LogP contribution < -0.4 is 5.32 Å². The zero-order valence-corrected chi connectivity index (χ0v) is 7.13. The number of allylic oxidation sites excluding steroid dienone is 2. The van der Waals surface area contributed by atoms with Crippen molar-refractivity contribution in [3.8, 4) is 0 Å². The van der Waals surface area contributed by atoms with E-state index in [1.54, 1.807) is 12.2 Å². The van der Waals surface area contributed by atoms with Gasteiger partial charge < -0.3 is 10.2 Å². The highest BCUT2D eigenvalue weighted by atomic mass is 16.2. The molecule has 0 atom stereocenters. The lowest BCUT2D eigenvalue weighted by Gasteiger charge is -2.27. The third-order valence-electron chi connectivity index (χ3n) is 1.74. The van der Waals surface area contributed by atoms with Gasteiger partial charge >= 0.3 is 0 Å². The van der Waals surface area contributed by atoms with Crippen molar-refractivity contribution in [1.82, 2.24) is 10.2 Å². The van der Waals surface area contributed by atoms with Crippen molar-refractivity contribution in [1.29, 1.82) is 0 Å². The Bertz CT molecular complexity index is 266. The number of hydrogen-bond acceptors (Lipinski definition) is 2. The summed E-state index contributed by atoms with van der Waals surface area (Å²) in [5.74, 6) is -0.0157. The van der Waals surface area contributed by atoms with Crippen LogP contribution in [0.4, 0.5) is 0 Å². The predicted molar refractivity (Wildman–Crippen MR) is 48.2 cm³/mol. The summed E-state index contributed by atoms with van der Waals surface area (Å²) in [6.07, 6.45) is 3.32. The predicted octanol–water partition coefficient (Wildman–Crippen LogP) is 0.632. The molecule has 0 aromatic carbocycles. The van der Waals surface area contributed by atoms with Gasteiger partial charge in [0.15, 0.2) is 0 Å². The second-order valence-corrected chi connectivity index (χ2v) is 2.61. The Labute approximate surface area is 72.1 Å². The van der Waals surface area contributed by atoms with Crippen molar-refractivity contribution in [2.45, 2.75) is 0 Å². The lowest BCUT2D eigenvalue weighted by Crippen LogP contribution is -2.40. The van der Waals surface area contributed by atoms with Gasteiger partial charge in [-0.25, -0.2) is 0 Å². The molecule has 3 heteroatoms. The molecule has 1 amide bonds. The number of carbonyl (C=O) groups excluding carboxylic acids is 1. The summed E-state index contributed by atoms with van der Waals surface area (Å²) in [5.41, 5.74) is 1.63. The molecule has 12 heavy (non-hydrogen) atoms. The molecule has 1 N–H and O–H groups in total. The van der Waals surface area contributed by atoms with Crippen LogP contribution in [-0.4, -0.2) is 24.4 Å². The van der Waals surface area contributed by atoms with Crippen LogP contribution in [0.3, 0.4) is 0 Å². The maximum Gasteiger partial charge on any atom is 0.243 e. The number of likely N-dealkylation sites (N-methyl/N-ethyl adjacent to an activating group) is 1. The quantitative estimate of drug-likeness (QED) is 0.649. The smallest absolute Gasteiger partial charge is 0.243 e. The lowest BCUT2D eigenvalue weighted by molar-refractivity contribution is -0.121. The molecule has 0 radical (unpaired) electrons. The molecule has 0 aromatic rings. The van der Waals surface area contributed by atoms with E-state index in [-0.39, 0.29) is 5.91 Å². The Morgan fingerprint density at radius 3 is 2.67 bits per heavy atom. The summed E-state index contributed by atoms with van der Waals surface area (Å²) in [4.78, 5) is 12.9. The van der Waals surface area contributed by atoms with E-state index in [0.29, 0.717) is 6.54 Å². The van der Waals surface area contributed by atoms with Crippen LogP contribution >= 0.6 is 0 Å². The molecule has 1 aliphatic rings. The van der Waals surface area contributed by atoms with E-state index >= 15 is 0 Å². The minimum Gasteiger partial charge on any atom is -0.364 e. The van der Waals surface area contributed by atoms with Crippen molar-refractivity contribution in [2.75, 3.05) is 13.6 Å². The monoisotopic (exact) mass is 164 g/mol. The van der Waals surface area contributed by atoms with Gasteiger partial charge in [-0.15, -0.1) is 0 Å². The van der Waals surface area contributed by atoms with E-state index < -0.39 is 0 Å². The third-order valence-corrected chi connectivity index (χ3v) is 1.74. The maximum absolute atomic E-state index is 11.0. The number of hydrogen-bond donors (Lipinski definition) is 1. The molecular formula is C9H12N2O. The number of nitrogens with one attached hydrogen (secondary N) is 1. The summed E-state index contributed by atoms with van der Waals surface area (Å²) in [6.45, 7) is 7.64. The van der Waals surface area contributed by atoms with Gasteiger partial charge in [-0.05, 0) is 12.2 Å². The zero-order valence-electron chi connectivity index (χ0n) is 7.13. The van der Waals surface area contributed by atoms with Crippen LogP contribution in [0.2, 0.25) is 0 Å². The molecule has 0 aromatic heterocycles. The van der Waals surface area contributed by atoms with Gasteiger partial charge in [-0.2, -0.15) is 0 Å². The average molecular weight is 164 g/mol. The second-order valence-electron chi connectivity index (χ2n) is 2.61. The fourth-order valence-electron chi connectivity index (χ4n) is 1.18. The number of rotatable bonds is 2. The fraction of sp³-hybridized carbons (Fsp3) is 0.222. The summed E-state index contributed by atoms with van der Waals surface area (Å²) in [5, 5.41) is 2.71. The molecule has 0 saturated heterocycles. The molecule has 64 valence electrons. The van der Waals surface area contributed by atoms with Crippen molar-refractivity contribution in [3.05, 3.63) is 36.7 Å². The lowest BCUT2D eigenvalue weighted by atomic mass is 10.2. The first-order chi connectivity index (χ1) is 5.69. The van der Waals surface area contributed by atoms with Gasteiger partial charge in [-0.1, -0.05) is 13.2 Å². The minimum atomic E-state index is -0.0157. The first kappa shape index (κ1) is 8.59. The largest absolute Gasteiger partial charge is 0.364 e. The molecule has 1 aliphatic heterocycles. The standard InChI is InChI=1S/C9H12N2O/c1-4-7-8(5-2)11(3)6-9(12)10-7/h4-5H,1-2,6H2,3H3,(H,10,12). The van der Waals surface area contributed by atoms with Crippen LogP contribution in [-0.2, 0) is 4.79 Å². The fourth-order valence-corrected chi connectivity index (χ4v) is 1.18. The Hall–Kier alpha value is -1.51. The SMILES string of the molecule is C=CC1=C(C=C)N(C)CC(=O)N1. The van der Waals surface area contributed by atoms with Crippen LogP contribution in [0.15, 0.2) is 36.7 Å². The molecule has 0 fully saturated rings. The van der Waals surface area contributed by atoms with E-state index in [2.05, 4.69) is 18.5 Å². The highest BCUT2D eigenvalue weighted by Crippen LogP contribution is 2.12. The van der Waals surface area contributed by atoms with Crippen LogP contribution in [0.1, 0.15) is 0 Å². The molecule has 0 spiro atoms. The van der Waals surface area contributed by atoms with Gasteiger partial charge in [0, 0.05) is 7.05 Å². The number of nitrogens with zero attached hydrogens (tertiary/aromatic N) is 1. The van der Waals surface area contributed by atoms with Crippen LogP contribution in [0.25, 0.3) is 0 Å². The summed E-state index contributed by atoms with van der Waals surface area (Å²) in [6, 6.07) is 0. The Morgan fingerprint density at radius 1 is 1.50 bits per heavy atom. The van der Waals surface area contributed by atoms with Crippen molar-refractivity contribution in [3.63, 3.8) is 0 Å². The summed E-state index contributed by atoms with van der Waals surface area (Å²) >= 11 is 0. The zero-order chi connectivity index (χ0) is 9.14. The molecule has 3 nitrogen and oxygen atoms in total. The Kier molecular flexibility index (Phi) is 2.33. The van der Waals surface area contributed by atoms with E-state index in [9.17, 15) is 4.79 Å². The Morgan fingerprint density at radius 2 is 2.17 bits per heavy atom. The first-order valence-electron chi connectivity index (χ1n) is 3.69. The van der Waals surface area contributed by atoms with Gasteiger partial charge in [0.05, 0.1) is 17.9 Å². The van der Waals surface area contributed by atoms with Crippen LogP contribution in [0.5, 0.6) is 0 Å². The number of amides is 1. The van der Waals surface area contributed by atoms with Crippen molar-refractivity contribution >= 4 is 5.91 Å². The molecule has 1 rings (SSSR count). The highest BCUT2D eigenvalue weighted by Gasteiger charge is 2.17. The summed E-state index contributed by atoms with van der Waals surface area (Å²) in [7, 11) is 1.85. The van der Waals surface area contributed by atoms with Gasteiger partial charge in [0.2, 0.25) is 5.91 Å². The third kappa shape index (κ3) is 1.39. The molecule has 0 saturated carbocycles.